The lowest BCUT2D eigenvalue weighted by Gasteiger charge is -2.12. The van der Waals surface area contributed by atoms with E-state index in [9.17, 15) is 0 Å². The van der Waals surface area contributed by atoms with Crippen LogP contribution in [-0.4, -0.2) is 34.9 Å². The van der Waals surface area contributed by atoms with Crippen LogP contribution in [0.3, 0.4) is 0 Å². The Morgan fingerprint density at radius 1 is 0.133 bits per heavy atom. The van der Waals surface area contributed by atoms with E-state index in [1.54, 1.807) is 0 Å². The third-order valence-electron chi connectivity index (χ3n) is 25.2. The van der Waals surface area contributed by atoms with E-state index < -0.39 is 0 Å². The van der Waals surface area contributed by atoms with Crippen LogP contribution < -0.4 is 0 Å². The normalized spacial score (nSPS) is 11.4. The van der Waals surface area contributed by atoms with E-state index in [0.29, 0.717) is 17.5 Å². The van der Waals surface area contributed by atoms with E-state index >= 15 is 0 Å². The Morgan fingerprint density at radius 2 is 0.407 bits per heavy atom. The molecule has 0 amide bonds. The van der Waals surface area contributed by atoms with E-state index in [1.165, 1.54) is 33.4 Å². The maximum Gasteiger partial charge on any atom is 0.160 e. The van der Waals surface area contributed by atoms with Crippen molar-refractivity contribution in [2.45, 2.75) is 0 Å². The maximum atomic E-state index is 6.46. The number of benzene rings is 19. The molecule has 0 fully saturated rings. The fraction of sp³-hybridized carbons (Fsp3) is 0. The average molecular weight is 1730 g/mol. The van der Waals surface area contributed by atoms with Crippen LogP contribution in [0.2, 0.25) is 0 Å². The summed E-state index contributed by atoms with van der Waals surface area (Å²) in [5.74, 6) is 2.04. The van der Waals surface area contributed by atoms with Crippen molar-refractivity contribution in [2.24, 2.45) is 0 Å². The molecule has 632 valence electrons. The summed E-state index contributed by atoms with van der Waals surface area (Å²) in [6.45, 7) is 0. The highest BCUT2D eigenvalue weighted by Gasteiger charge is 2.25. The Hall–Kier alpha value is -18.3. The highest BCUT2D eigenvalue weighted by molar-refractivity contribution is 6.24. The second-order valence-electron chi connectivity index (χ2n) is 33.7. The summed E-state index contributed by atoms with van der Waals surface area (Å²) in [6.07, 6.45) is 0. The third kappa shape index (κ3) is 15.6. The van der Waals surface area contributed by atoms with Gasteiger partial charge in [-0.25, -0.2) is 34.9 Å². The number of hydrogen-bond acceptors (Lipinski definition) is 10. The van der Waals surface area contributed by atoms with Crippen LogP contribution in [0.4, 0.5) is 0 Å². The number of nitrogens with zero attached hydrogens (tertiary/aromatic N) is 7. The van der Waals surface area contributed by atoms with Gasteiger partial charge < -0.3 is 13.3 Å². The standard InChI is InChI=1S/C44H28N2O.C43H27N3O.C38H24N2O/c1-3-11-29(12-4-1)30-21-23-31(24-22-30)33-15-9-16-34(27-33)35-17-10-18-36(28-35)44-45-38-25-26-40-41(37-19-7-8-20-39(37)47-40)42(38)43(46-44)32-13-5-2-6-14-32;1-4-13-28(14-5-1)33-26-37(29-15-6-2-7-16-29)44-38(27-33)31-19-12-20-32(25-31)43-45-36-24-23-35-34-21-10-11-22-39(34)47-42(35)40(36)41(46-43)30-17-8-3-9-18-30;1-3-11-25(12-4-1)27-15-9-16-28(23-27)29-17-10-18-30(24-29)38-39-32-21-22-34-35(31-19-7-8-20-33(31)41-34)36(32)37(40-38)26-13-5-2-6-14-26/h1-28H;1-27H;1-24H. The van der Waals surface area contributed by atoms with Gasteiger partial charge in [0.05, 0.1) is 50.4 Å². The monoisotopic (exact) mass is 1730 g/mol. The minimum atomic E-state index is 0.649. The first-order valence-electron chi connectivity index (χ1n) is 45.3. The highest BCUT2D eigenvalue weighted by Crippen LogP contribution is 2.46. The molecule has 10 nitrogen and oxygen atoms in total. The Balaban J connectivity index is 0.000000111. The van der Waals surface area contributed by atoms with Crippen LogP contribution in [0.25, 0.3) is 256 Å². The average Bonchev–Trinajstić information content (AvgIpc) is 1.64. The summed E-state index contributed by atoms with van der Waals surface area (Å²) in [5.41, 5.74) is 34.2. The molecular weight excluding hydrogens is 1650 g/mol. The van der Waals surface area contributed by atoms with E-state index in [0.717, 1.165) is 205 Å². The second kappa shape index (κ2) is 35.0. The molecule has 0 bridgehead atoms. The molecule has 0 atom stereocenters. The van der Waals surface area contributed by atoms with E-state index in [2.05, 4.69) is 334 Å². The van der Waals surface area contributed by atoms with Gasteiger partial charge in [0.15, 0.2) is 17.5 Å². The van der Waals surface area contributed by atoms with Crippen LogP contribution >= 0.6 is 0 Å². The molecule has 10 heteroatoms. The zero-order chi connectivity index (χ0) is 89.5. The minimum Gasteiger partial charge on any atom is -0.456 e. The SMILES string of the molecule is c1ccc(-c2cc(-c3ccccc3)nc(-c3cccc(-c4nc(-c5ccccc5)c5c(ccc6c7ccccc7oc65)n4)c3)c2)cc1.c1ccc(-c2ccc(-c3cccc(-c4cccc(-c5nc(-c6ccccc6)c6c(ccc7oc8ccccc8c76)n5)c4)c3)cc2)cc1.c1ccc(-c2cccc(-c3cccc(-c4nc(-c5ccccc5)c5c(ccc6oc7ccccc7c65)n4)c3)c2)cc1. The van der Waals surface area contributed by atoms with Gasteiger partial charge in [-0.3, -0.25) is 0 Å². The number of hydrogen-bond donors (Lipinski definition) is 0. The molecule has 0 unspecified atom stereocenters. The summed E-state index contributed by atoms with van der Waals surface area (Å²) < 4.78 is 18.9. The van der Waals surface area contributed by atoms with Crippen molar-refractivity contribution in [3.8, 4) is 157 Å². The van der Waals surface area contributed by atoms with Crippen molar-refractivity contribution in [2.75, 3.05) is 0 Å². The quantitative estimate of drug-likeness (QED) is 0.104. The highest BCUT2D eigenvalue weighted by atomic mass is 16.3. The van der Waals surface area contributed by atoms with Gasteiger partial charge in [-0.05, 0) is 164 Å². The smallest absolute Gasteiger partial charge is 0.160 e. The molecule has 0 spiro atoms. The van der Waals surface area contributed by atoms with E-state index in [4.69, 9.17) is 48.1 Å². The Kier molecular flexibility index (Phi) is 20.8. The third-order valence-corrected chi connectivity index (χ3v) is 25.2. The van der Waals surface area contributed by atoms with Gasteiger partial charge in [0.25, 0.3) is 0 Å². The molecule has 0 saturated carbocycles. The first-order valence-corrected chi connectivity index (χ1v) is 45.3. The Morgan fingerprint density at radius 3 is 0.830 bits per heavy atom. The van der Waals surface area contributed by atoms with E-state index in [-0.39, 0.29) is 0 Å². The second-order valence-corrected chi connectivity index (χ2v) is 33.7. The molecule has 0 radical (unpaired) electrons. The number of para-hydroxylation sites is 3. The largest absolute Gasteiger partial charge is 0.456 e. The maximum absolute atomic E-state index is 6.46. The molecule has 135 heavy (non-hydrogen) atoms. The van der Waals surface area contributed by atoms with Crippen molar-refractivity contribution >= 4 is 98.5 Å². The van der Waals surface area contributed by atoms with Gasteiger partial charge >= 0.3 is 0 Å². The zero-order valence-corrected chi connectivity index (χ0v) is 73.0. The molecule has 19 aromatic carbocycles. The van der Waals surface area contributed by atoms with Gasteiger partial charge in [-0.2, -0.15) is 0 Å². The van der Waals surface area contributed by atoms with Crippen LogP contribution in [0.5, 0.6) is 0 Å². The molecule has 26 rings (SSSR count). The van der Waals surface area contributed by atoms with Gasteiger partial charge in [-0.15, -0.1) is 0 Å². The zero-order valence-electron chi connectivity index (χ0n) is 73.0. The number of aromatic nitrogens is 7. The summed E-state index contributed by atoms with van der Waals surface area (Å²) in [7, 11) is 0. The molecule has 0 saturated heterocycles. The molecule has 7 aromatic heterocycles. The number of pyridine rings is 1. The van der Waals surface area contributed by atoms with Gasteiger partial charge in [0.2, 0.25) is 0 Å². The summed E-state index contributed by atoms with van der Waals surface area (Å²) in [4.78, 5) is 36.3. The fourth-order valence-corrected chi connectivity index (χ4v) is 18.7. The van der Waals surface area contributed by atoms with E-state index in [1.807, 2.05) is 146 Å². The molecule has 0 N–H and O–H groups in total. The van der Waals surface area contributed by atoms with Crippen molar-refractivity contribution < 1.29 is 13.3 Å². The fourth-order valence-electron chi connectivity index (χ4n) is 18.7. The molecular formula is C125H79N7O3. The van der Waals surface area contributed by atoms with Crippen molar-refractivity contribution in [3.05, 3.63) is 479 Å². The summed E-state index contributed by atoms with van der Waals surface area (Å²) in [6, 6.07) is 165. The predicted octanol–water partition coefficient (Wildman–Crippen LogP) is 33.3. The lowest BCUT2D eigenvalue weighted by atomic mass is 9.96. The van der Waals surface area contributed by atoms with Crippen LogP contribution in [-0.2, 0) is 0 Å². The Labute approximate surface area is 777 Å². The van der Waals surface area contributed by atoms with Crippen molar-refractivity contribution in [3.63, 3.8) is 0 Å². The predicted molar refractivity (Wildman–Crippen MR) is 554 cm³/mol. The molecule has 7 heterocycles. The van der Waals surface area contributed by atoms with Crippen molar-refractivity contribution in [1.82, 2.24) is 34.9 Å². The Bertz CT molecular complexity index is 8900. The number of furan rings is 3. The van der Waals surface area contributed by atoms with Crippen LogP contribution in [0, 0.1) is 0 Å². The minimum absolute atomic E-state index is 0.649. The first-order chi connectivity index (χ1) is 66.9. The lowest BCUT2D eigenvalue weighted by Crippen LogP contribution is -1.96. The number of rotatable bonds is 14. The summed E-state index contributed by atoms with van der Waals surface area (Å²) in [5, 5.41) is 9.30. The summed E-state index contributed by atoms with van der Waals surface area (Å²) >= 11 is 0. The number of fused-ring (bicyclic) bond motifs is 15. The van der Waals surface area contributed by atoms with Gasteiger partial charge in [0, 0.05) is 87.6 Å². The molecule has 0 aliphatic heterocycles. The first kappa shape index (κ1) is 80.1. The topological polar surface area (TPSA) is 130 Å². The van der Waals surface area contributed by atoms with Crippen LogP contribution in [0.1, 0.15) is 0 Å². The van der Waals surface area contributed by atoms with Gasteiger partial charge in [-0.1, -0.05) is 382 Å². The molecule has 0 aliphatic carbocycles. The van der Waals surface area contributed by atoms with Crippen LogP contribution in [0.15, 0.2) is 492 Å². The van der Waals surface area contributed by atoms with Crippen molar-refractivity contribution in [1.29, 1.82) is 0 Å². The molecule has 26 aromatic rings. The lowest BCUT2D eigenvalue weighted by molar-refractivity contribution is 0.669. The molecule has 0 aliphatic rings. The van der Waals surface area contributed by atoms with Gasteiger partial charge in [0.1, 0.15) is 33.5 Å².